The van der Waals surface area contributed by atoms with Gasteiger partial charge in [-0.15, -0.1) is 0 Å². The van der Waals surface area contributed by atoms with Crippen molar-refractivity contribution in [2.75, 3.05) is 6.54 Å². The van der Waals surface area contributed by atoms with Crippen molar-refractivity contribution < 1.29 is 0 Å². The van der Waals surface area contributed by atoms with Crippen molar-refractivity contribution in [2.24, 2.45) is 0 Å². The van der Waals surface area contributed by atoms with Gasteiger partial charge in [0, 0.05) is 18.3 Å². The lowest BCUT2D eigenvalue weighted by molar-refractivity contribution is 0.990. The average Bonchev–Trinajstić information content (AvgIpc) is 2.21. The van der Waals surface area contributed by atoms with Gasteiger partial charge in [-0.1, -0.05) is 42.5 Å². The van der Waals surface area contributed by atoms with Crippen molar-refractivity contribution in [3.63, 3.8) is 0 Å². The van der Waals surface area contributed by atoms with E-state index in [1.807, 2.05) is 30.4 Å². The fourth-order valence-corrected chi connectivity index (χ4v) is 1.20. The van der Waals surface area contributed by atoms with Crippen molar-refractivity contribution >= 4 is 5.70 Å². The summed E-state index contributed by atoms with van der Waals surface area (Å²) in [5.41, 5.74) is 2.28. The molecule has 0 atom stereocenters. The predicted octanol–water partition coefficient (Wildman–Crippen LogP) is 1.99. The van der Waals surface area contributed by atoms with E-state index in [4.69, 9.17) is 0 Å². The van der Waals surface area contributed by atoms with Gasteiger partial charge in [0.05, 0.1) is 0 Å². The van der Waals surface area contributed by atoms with Crippen molar-refractivity contribution in [1.29, 1.82) is 0 Å². The third kappa shape index (κ3) is 1.40. The summed E-state index contributed by atoms with van der Waals surface area (Å²) < 4.78 is 0. The SMILES string of the molecule is [C]1=C(c2ccccc2)NCC=C1. The van der Waals surface area contributed by atoms with E-state index in [0.29, 0.717) is 0 Å². The highest BCUT2D eigenvalue weighted by molar-refractivity contribution is 5.64. The highest BCUT2D eigenvalue weighted by atomic mass is 14.9. The van der Waals surface area contributed by atoms with E-state index in [-0.39, 0.29) is 0 Å². The second-order valence-corrected chi connectivity index (χ2v) is 2.67. The van der Waals surface area contributed by atoms with Crippen LogP contribution in [0.5, 0.6) is 0 Å². The molecule has 1 nitrogen and oxygen atoms in total. The molecule has 0 spiro atoms. The Bertz CT molecular complexity index is 309. The minimum atomic E-state index is 0.900. The molecule has 2 rings (SSSR count). The third-order valence-corrected chi connectivity index (χ3v) is 1.80. The van der Waals surface area contributed by atoms with Crippen LogP contribution in [0.1, 0.15) is 5.56 Å². The Labute approximate surface area is 72.4 Å². The first-order chi connectivity index (χ1) is 5.97. The van der Waals surface area contributed by atoms with Gasteiger partial charge in [-0.3, -0.25) is 0 Å². The second kappa shape index (κ2) is 3.26. The molecule has 0 fully saturated rings. The molecule has 1 aromatic carbocycles. The number of hydrogen-bond donors (Lipinski definition) is 1. The maximum Gasteiger partial charge on any atom is 0.0496 e. The molecule has 0 amide bonds. The summed E-state index contributed by atoms with van der Waals surface area (Å²) in [6.45, 7) is 0.900. The lowest BCUT2D eigenvalue weighted by Gasteiger charge is -2.10. The Morgan fingerprint density at radius 2 is 2.00 bits per heavy atom. The highest BCUT2D eigenvalue weighted by Crippen LogP contribution is 2.11. The maximum absolute atomic E-state index is 3.25. The molecule has 0 aliphatic carbocycles. The summed E-state index contributed by atoms with van der Waals surface area (Å²) in [6.07, 6.45) is 7.17. The zero-order chi connectivity index (χ0) is 8.23. The van der Waals surface area contributed by atoms with Gasteiger partial charge in [0.25, 0.3) is 0 Å². The summed E-state index contributed by atoms with van der Waals surface area (Å²) in [6, 6.07) is 10.2. The smallest absolute Gasteiger partial charge is 0.0496 e. The van der Waals surface area contributed by atoms with Crippen LogP contribution in [0.15, 0.2) is 42.5 Å². The van der Waals surface area contributed by atoms with E-state index < -0.39 is 0 Å². The number of hydrogen-bond acceptors (Lipinski definition) is 1. The van der Waals surface area contributed by atoms with Gasteiger partial charge in [0.15, 0.2) is 0 Å². The standard InChI is InChI=1S/C11H10N/c1-2-6-10(7-3-1)11-8-4-5-9-12-11/h1-7,12H,9H2. The lowest BCUT2D eigenvalue weighted by Crippen LogP contribution is -2.14. The van der Waals surface area contributed by atoms with Gasteiger partial charge < -0.3 is 5.32 Å². The molecule has 1 heterocycles. The van der Waals surface area contributed by atoms with Crippen molar-refractivity contribution in [1.82, 2.24) is 5.32 Å². The van der Waals surface area contributed by atoms with E-state index in [1.165, 1.54) is 5.56 Å². The van der Waals surface area contributed by atoms with Crippen molar-refractivity contribution in [2.45, 2.75) is 0 Å². The normalized spacial score (nSPS) is 15.2. The molecule has 0 saturated carbocycles. The van der Waals surface area contributed by atoms with Crippen LogP contribution in [0.3, 0.4) is 0 Å². The summed E-state index contributed by atoms with van der Waals surface area (Å²) in [4.78, 5) is 0. The molecule has 0 saturated heterocycles. The molecular formula is C11H10N. The molecule has 1 aliphatic rings. The number of nitrogens with one attached hydrogen (secondary N) is 1. The van der Waals surface area contributed by atoms with Gasteiger partial charge in [-0.25, -0.2) is 0 Å². The van der Waals surface area contributed by atoms with Crippen LogP contribution in [0, 0.1) is 6.08 Å². The first-order valence-electron chi connectivity index (χ1n) is 4.04. The fourth-order valence-electron chi connectivity index (χ4n) is 1.20. The number of dihydropyridines is 1. The second-order valence-electron chi connectivity index (χ2n) is 2.67. The van der Waals surface area contributed by atoms with Crippen LogP contribution in [-0.4, -0.2) is 6.54 Å². The van der Waals surface area contributed by atoms with E-state index in [1.54, 1.807) is 0 Å². The van der Waals surface area contributed by atoms with Crippen LogP contribution in [0.4, 0.5) is 0 Å². The largest absolute Gasteiger partial charge is 0.381 e. The monoisotopic (exact) mass is 156 g/mol. The maximum atomic E-state index is 3.25. The highest BCUT2D eigenvalue weighted by Gasteiger charge is 1.99. The van der Waals surface area contributed by atoms with Crippen molar-refractivity contribution in [3.8, 4) is 0 Å². The fraction of sp³-hybridized carbons (Fsp3) is 0.0909. The Kier molecular flexibility index (Phi) is 1.95. The molecule has 1 aliphatic heterocycles. The van der Waals surface area contributed by atoms with Gasteiger partial charge in [-0.2, -0.15) is 0 Å². The zero-order valence-electron chi connectivity index (χ0n) is 6.75. The van der Waals surface area contributed by atoms with E-state index in [0.717, 1.165) is 12.2 Å². The Hall–Kier alpha value is -1.50. The minimum absolute atomic E-state index is 0.900. The summed E-state index contributed by atoms with van der Waals surface area (Å²) in [5, 5.41) is 3.25. The predicted molar refractivity (Wildman–Crippen MR) is 50.2 cm³/mol. The zero-order valence-corrected chi connectivity index (χ0v) is 6.75. The quantitative estimate of drug-likeness (QED) is 0.655. The molecule has 1 N–H and O–H groups in total. The van der Waals surface area contributed by atoms with Crippen LogP contribution >= 0.6 is 0 Å². The van der Waals surface area contributed by atoms with E-state index in [2.05, 4.69) is 23.5 Å². The average molecular weight is 156 g/mol. The van der Waals surface area contributed by atoms with Gasteiger partial charge >= 0.3 is 0 Å². The van der Waals surface area contributed by atoms with Crippen LogP contribution < -0.4 is 5.32 Å². The van der Waals surface area contributed by atoms with E-state index in [9.17, 15) is 0 Å². The number of allylic oxidation sites excluding steroid dienone is 2. The Morgan fingerprint density at radius 1 is 1.17 bits per heavy atom. The summed E-state index contributed by atoms with van der Waals surface area (Å²) in [5.74, 6) is 0. The molecule has 59 valence electrons. The van der Waals surface area contributed by atoms with Gasteiger partial charge in [0.1, 0.15) is 0 Å². The first-order valence-corrected chi connectivity index (χ1v) is 4.04. The molecule has 0 unspecified atom stereocenters. The Morgan fingerprint density at radius 3 is 2.67 bits per heavy atom. The van der Waals surface area contributed by atoms with Crippen LogP contribution in [0.2, 0.25) is 0 Å². The molecule has 12 heavy (non-hydrogen) atoms. The number of benzene rings is 1. The molecule has 1 heteroatoms. The minimum Gasteiger partial charge on any atom is -0.381 e. The molecule has 1 aromatic rings. The Balaban J connectivity index is 2.31. The molecule has 0 aromatic heterocycles. The topological polar surface area (TPSA) is 12.0 Å². The van der Waals surface area contributed by atoms with E-state index >= 15 is 0 Å². The molecular weight excluding hydrogens is 146 g/mol. The molecule has 0 bridgehead atoms. The number of rotatable bonds is 1. The van der Waals surface area contributed by atoms with Crippen LogP contribution in [0.25, 0.3) is 5.70 Å². The lowest BCUT2D eigenvalue weighted by atomic mass is 10.1. The van der Waals surface area contributed by atoms with Gasteiger partial charge in [0.2, 0.25) is 0 Å². The summed E-state index contributed by atoms with van der Waals surface area (Å²) >= 11 is 0. The third-order valence-electron chi connectivity index (χ3n) is 1.80. The molecule has 1 radical (unpaired) electrons. The van der Waals surface area contributed by atoms with Gasteiger partial charge in [-0.05, 0) is 5.56 Å². The van der Waals surface area contributed by atoms with Crippen molar-refractivity contribution in [3.05, 3.63) is 54.1 Å². The summed E-state index contributed by atoms with van der Waals surface area (Å²) in [7, 11) is 0. The van der Waals surface area contributed by atoms with Crippen LogP contribution in [-0.2, 0) is 0 Å². The first kappa shape index (κ1) is 7.17.